The van der Waals surface area contributed by atoms with Gasteiger partial charge < -0.3 is 4.74 Å². The number of carbonyl (C=O) groups is 1. The van der Waals surface area contributed by atoms with Gasteiger partial charge in [-0.3, -0.25) is 9.69 Å². The smallest absolute Gasteiger partial charge is 0.167 e. The van der Waals surface area contributed by atoms with Gasteiger partial charge in [-0.25, -0.2) is 0 Å². The summed E-state index contributed by atoms with van der Waals surface area (Å²) in [6.07, 6.45) is 4.73. The van der Waals surface area contributed by atoms with Gasteiger partial charge in [-0.2, -0.15) is 11.8 Å². The predicted molar refractivity (Wildman–Crippen MR) is 92.0 cm³/mol. The fraction of sp³-hybridized carbons (Fsp3) is 0.611. The van der Waals surface area contributed by atoms with Gasteiger partial charge in [-0.15, -0.1) is 0 Å². The van der Waals surface area contributed by atoms with Crippen LogP contribution in [0.15, 0.2) is 24.3 Å². The van der Waals surface area contributed by atoms with E-state index in [-0.39, 0.29) is 11.7 Å². The van der Waals surface area contributed by atoms with E-state index in [1.54, 1.807) is 7.11 Å². The molecule has 1 aromatic rings. The van der Waals surface area contributed by atoms with E-state index < -0.39 is 0 Å². The van der Waals surface area contributed by atoms with E-state index in [1.807, 2.05) is 24.3 Å². The first-order valence-corrected chi connectivity index (χ1v) is 9.43. The summed E-state index contributed by atoms with van der Waals surface area (Å²) in [6.45, 7) is 2.10. The quantitative estimate of drug-likeness (QED) is 0.795. The number of rotatable bonds is 4. The molecular formula is C18H25NO2S. The molecule has 1 atom stereocenters. The van der Waals surface area contributed by atoms with E-state index in [9.17, 15) is 4.79 Å². The van der Waals surface area contributed by atoms with Crippen molar-refractivity contribution in [3.8, 4) is 5.75 Å². The van der Waals surface area contributed by atoms with Gasteiger partial charge in [-0.1, -0.05) is 12.1 Å². The molecule has 0 amide bonds. The van der Waals surface area contributed by atoms with Crippen LogP contribution in [-0.2, 0) is 0 Å². The number of hydrogen-bond acceptors (Lipinski definition) is 4. The minimum Gasteiger partial charge on any atom is -0.497 e. The first-order valence-electron chi connectivity index (χ1n) is 8.28. The maximum atomic E-state index is 12.8. The zero-order valence-electron chi connectivity index (χ0n) is 13.3. The SMILES string of the molecule is COc1cccc(C(=O)[C@H]2CCCN(C3CCSCC3)C2)c1. The highest BCUT2D eigenvalue weighted by Crippen LogP contribution is 2.28. The van der Waals surface area contributed by atoms with Crippen LogP contribution in [0.25, 0.3) is 0 Å². The molecule has 22 heavy (non-hydrogen) atoms. The zero-order valence-corrected chi connectivity index (χ0v) is 14.1. The minimum atomic E-state index is 0.149. The molecule has 0 N–H and O–H groups in total. The largest absolute Gasteiger partial charge is 0.497 e. The van der Waals surface area contributed by atoms with Crippen LogP contribution in [-0.4, -0.2) is 48.4 Å². The lowest BCUT2D eigenvalue weighted by Gasteiger charge is -2.39. The molecule has 1 aromatic carbocycles. The van der Waals surface area contributed by atoms with Crippen molar-refractivity contribution in [3.05, 3.63) is 29.8 Å². The number of methoxy groups -OCH3 is 1. The highest BCUT2D eigenvalue weighted by molar-refractivity contribution is 7.99. The molecule has 120 valence electrons. The molecule has 0 saturated carbocycles. The molecule has 0 radical (unpaired) electrons. The van der Waals surface area contributed by atoms with E-state index in [2.05, 4.69) is 16.7 Å². The molecule has 0 spiro atoms. The molecule has 2 aliphatic heterocycles. The highest BCUT2D eigenvalue weighted by atomic mass is 32.2. The Kier molecular flexibility index (Phi) is 5.42. The van der Waals surface area contributed by atoms with Crippen molar-refractivity contribution in [3.63, 3.8) is 0 Å². The van der Waals surface area contributed by atoms with Crippen molar-refractivity contribution in [2.75, 3.05) is 31.7 Å². The van der Waals surface area contributed by atoms with Crippen molar-refractivity contribution >= 4 is 17.5 Å². The molecule has 2 aliphatic rings. The Balaban J connectivity index is 1.66. The molecule has 2 heterocycles. The minimum absolute atomic E-state index is 0.149. The van der Waals surface area contributed by atoms with Crippen LogP contribution >= 0.6 is 11.8 Å². The van der Waals surface area contributed by atoms with Crippen molar-refractivity contribution in [1.29, 1.82) is 0 Å². The monoisotopic (exact) mass is 319 g/mol. The maximum absolute atomic E-state index is 12.8. The number of hydrogen-bond donors (Lipinski definition) is 0. The molecule has 4 heteroatoms. The van der Waals surface area contributed by atoms with Crippen LogP contribution in [0.5, 0.6) is 5.75 Å². The van der Waals surface area contributed by atoms with Gasteiger partial charge in [0.25, 0.3) is 0 Å². The molecule has 0 aliphatic carbocycles. The van der Waals surface area contributed by atoms with Gasteiger partial charge >= 0.3 is 0 Å². The number of thioether (sulfide) groups is 1. The first kappa shape index (κ1) is 15.9. The Morgan fingerprint density at radius 3 is 2.86 bits per heavy atom. The van der Waals surface area contributed by atoms with E-state index >= 15 is 0 Å². The number of nitrogens with zero attached hydrogens (tertiary/aromatic N) is 1. The van der Waals surface area contributed by atoms with Crippen molar-refractivity contribution in [2.24, 2.45) is 5.92 Å². The standard InChI is InChI=1S/C18H25NO2S/c1-21-17-6-2-4-14(12-17)18(20)15-5-3-9-19(13-15)16-7-10-22-11-8-16/h2,4,6,12,15-16H,3,5,7-11,13H2,1H3/t15-/m0/s1. The van der Waals surface area contributed by atoms with Crippen LogP contribution < -0.4 is 4.74 Å². The Morgan fingerprint density at radius 2 is 2.09 bits per heavy atom. The third-order valence-electron chi connectivity index (χ3n) is 4.89. The van der Waals surface area contributed by atoms with Crippen LogP contribution in [0.3, 0.4) is 0 Å². The number of benzene rings is 1. The fourth-order valence-electron chi connectivity index (χ4n) is 3.61. The highest BCUT2D eigenvalue weighted by Gasteiger charge is 2.30. The summed E-state index contributed by atoms with van der Waals surface area (Å²) >= 11 is 2.06. The van der Waals surface area contributed by atoms with Gasteiger partial charge in [-0.05, 0) is 55.9 Å². The third kappa shape index (κ3) is 3.66. The summed E-state index contributed by atoms with van der Waals surface area (Å²) in [5.74, 6) is 3.75. The van der Waals surface area contributed by atoms with Crippen molar-refractivity contribution in [2.45, 2.75) is 31.7 Å². The molecule has 0 bridgehead atoms. The summed E-state index contributed by atoms with van der Waals surface area (Å²) in [6, 6.07) is 8.29. The first-order chi connectivity index (χ1) is 10.8. The van der Waals surface area contributed by atoms with Crippen molar-refractivity contribution in [1.82, 2.24) is 4.90 Å². The summed E-state index contributed by atoms with van der Waals surface area (Å²) < 4.78 is 5.24. The molecule has 0 aromatic heterocycles. The van der Waals surface area contributed by atoms with Gasteiger partial charge in [0.05, 0.1) is 7.11 Å². The molecule has 0 unspecified atom stereocenters. The lowest BCUT2D eigenvalue weighted by molar-refractivity contribution is 0.0741. The Labute approximate surface area is 137 Å². The number of ether oxygens (including phenoxy) is 1. The fourth-order valence-corrected chi connectivity index (χ4v) is 4.70. The summed E-state index contributed by atoms with van der Waals surface area (Å²) in [7, 11) is 1.65. The second kappa shape index (κ2) is 7.51. The van der Waals surface area contributed by atoms with E-state index in [0.29, 0.717) is 6.04 Å². The number of likely N-dealkylation sites (tertiary alicyclic amines) is 1. The topological polar surface area (TPSA) is 29.5 Å². The van der Waals surface area contributed by atoms with E-state index in [4.69, 9.17) is 4.74 Å². The van der Waals surface area contributed by atoms with Gasteiger partial charge in [0.2, 0.25) is 0 Å². The number of piperidine rings is 1. The van der Waals surface area contributed by atoms with Gasteiger partial charge in [0.15, 0.2) is 5.78 Å². The Hall–Kier alpha value is -1.00. The predicted octanol–water partition coefficient (Wildman–Crippen LogP) is 3.49. The summed E-state index contributed by atoms with van der Waals surface area (Å²) in [5.41, 5.74) is 0.797. The molecule has 2 fully saturated rings. The number of ketones is 1. The maximum Gasteiger partial charge on any atom is 0.167 e. The zero-order chi connectivity index (χ0) is 15.4. The molecule has 3 nitrogen and oxygen atoms in total. The summed E-state index contributed by atoms with van der Waals surface area (Å²) in [4.78, 5) is 15.4. The normalized spacial score (nSPS) is 24.1. The van der Waals surface area contributed by atoms with Crippen LogP contribution in [0.4, 0.5) is 0 Å². The molecule has 3 rings (SSSR count). The van der Waals surface area contributed by atoms with Gasteiger partial charge in [0.1, 0.15) is 5.75 Å². The number of carbonyl (C=O) groups excluding carboxylic acids is 1. The summed E-state index contributed by atoms with van der Waals surface area (Å²) in [5, 5.41) is 0. The second-order valence-corrected chi connectivity index (χ2v) is 7.50. The lowest BCUT2D eigenvalue weighted by Crippen LogP contribution is -2.46. The van der Waals surface area contributed by atoms with E-state index in [1.165, 1.54) is 24.3 Å². The average Bonchev–Trinajstić information content (AvgIpc) is 2.62. The van der Waals surface area contributed by atoms with Crippen LogP contribution in [0.2, 0.25) is 0 Å². The van der Waals surface area contributed by atoms with Crippen LogP contribution in [0, 0.1) is 5.92 Å². The average molecular weight is 319 g/mol. The van der Waals surface area contributed by atoms with Crippen LogP contribution in [0.1, 0.15) is 36.0 Å². The lowest BCUT2D eigenvalue weighted by atomic mass is 9.88. The third-order valence-corrected chi connectivity index (χ3v) is 5.93. The Morgan fingerprint density at radius 1 is 1.27 bits per heavy atom. The molecular weight excluding hydrogens is 294 g/mol. The second-order valence-electron chi connectivity index (χ2n) is 6.27. The molecule has 2 saturated heterocycles. The van der Waals surface area contributed by atoms with E-state index in [0.717, 1.165) is 37.2 Å². The Bertz CT molecular complexity index is 514. The number of Topliss-reactive ketones (excluding diaryl/α,β-unsaturated/α-hetero) is 1. The van der Waals surface area contributed by atoms with Crippen molar-refractivity contribution < 1.29 is 9.53 Å². The van der Waals surface area contributed by atoms with Gasteiger partial charge in [0, 0.05) is 24.1 Å².